The number of carbonyl (C=O) groups excluding carboxylic acids is 1. The van der Waals surface area contributed by atoms with Gasteiger partial charge in [-0.3, -0.25) is 14.6 Å². The number of benzene rings is 2. The molecule has 2 N–H and O–H groups in total. The van der Waals surface area contributed by atoms with Gasteiger partial charge in [0.15, 0.2) is 5.65 Å². The van der Waals surface area contributed by atoms with Crippen LogP contribution in [0, 0.1) is 12.7 Å². The normalized spacial score (nSPS) is 11.1. The van der Waals surface area contributed by atoms with E-state index < -0.39 is 11.4 Å². The lowest BCUT2D eigenvalue weighted by Crippen LogP contribution is -2.19. The molecule has 0 radical (unpaired) electrons. The number of hydrogen-bond donors (Lipinski definition) is 2. The molecule has 11 heteroatoms. The van der Waals surface area contributed by atoms with E-state index in [2.05, 4.69) is 25.5 Å². The lowest BCUT2D eigenvalue weighted by molar-refractivity contribution is 0.102. The number of ether oxygens (including phenoxy) is 1. The van der Waals surface area contributed by atoms with Crippen LogP contribution in [-0.2, 0) is 0 Å². The average Bonchev–Trinajstić information content (AvgIpc) is 3.44. The van der Waals surface area contributed by atoms with Crippen LogP contribution in [0.4, 0.5) is 10.2 Å². The van der Waals surface area contributed by atoms with Gasteiger partial charge in [-0.15, -0.1) is 0 Å². The summed E-state index contributed by atoms with van der Waals surface area (Å²) in [6, 6.07) is 14.0. The van der Waals surface area contributed by atoms with Crippen LogP contribution in [0.2, 0.25) is 0 Å². The molecule has 176 valence electrons. The topological polar surface area (TPSA) is 120 Å². The molecule has 5 rings (SSSR count). The van der Waals surface area contributed by atoms with E-state index >= 15 is 0 Å². The molecule has 0 spiro atoms. The molecule has 0 saturated heterocycles. The summed E-state index contributed by atoms with van der Waals surface area (Å²) in [6.07, 6.45) is 1.39. The zero-order valence-electron chi connectivity index (χ0n) is 18.8. The van der Waals surface area contributed by atoms with Gasteiger partial charge in [-0.2, -0.15) is 19.9 Å². The number of aromatic amines is 1. The number of nitrogens with one attached hydrogen (secondary N) is 2. The number of fused-ring (bicyclic) bond motifs is 1. The average molecular weight is 473 g/mol. The van der Waals surface area contributed by atoms with Crippen LogP contribution in [0.25, 0.3) is 22.7 Å². The van der Waals surface area contributed by atoms with Crippen molar-refractivity contribution >= 4 is 22.8 Å². The number of carbonyl (C=O) groups is 1. The van der Waals surface area contributed by atoms with Gasteiger partial charge in [0.2, 0.25) is 5.95 Å². The molecule has 3 heterocycles. The van der Waals surface area contributed by atoms with Crippen molar-refractivity contribution in [2.24, 2.45) is 0 Å². The summed E-state index contributed by atoms with van der Waals surface area (Å²) in [5.74, 6) is 0.307. The van der Waals surface area contributed by atoms with Gasteiger partial charge in [0.05, 0.1) is 24.2 Å². The minimum Gasteiger partial charge on any atom is -0.494 e. The Morgan fingerprint density at radius 2 is 1.86 bits per heavy atom. The van der Waals surface area contributed by atoms with E-state index in [-0.39, 0.29) is 22.9 Å². The van der Waals surface area contributed by atoms with Gasteiger partial charge in [-0.05, 0) is 62.4 Å². The summed E-state index contributed by atoms with van der Waals surface area (Å²) in [4.78, 5) is 32.8. The third-order valence-electron chi connectivity index (χ3n) is 5.20. The molecule has 3 aromatic heterocycles. The maximum absolute atomic E-state index is 13.4. The number of halogens is 1. The highest BCUT2D eigenvalue weighted by molar-refractivity contribution is 6.04. The summed E-state index contributed by atoms with van der Waals surface area (Å²) in [6.45, 7) is 4.16. The third kappa shape index (κ3) is 4.26. The fourth-order valence-corrected chi connectivity index (χ4v) is 3.59. The van der Waals surface area contributed by atoms with Gasteiger partial charge < -0.3 is 10.1 Å². The molecular weight excluding hydrogens is 453 g/mol. The highest BCUT2D eigenvalue weighted by atomic mass is 19.1. The zero-order chi connectivity index (χ0) is 24.5. The standard InChI is InChI=1S/C24H20FN7O3/c1-3-35-18-10-4-15(5-11-18)22(33)27-20-12-14(2)30-32(20)24-28-21-19(23(34)29-24)13-26-31(21)17-8-6-16(25)7-9-17/h4-13H,3H2,1-2H3,(H,27,33)(H,28,29,34). The Labute approximate surface area is 198 Å². The van der Waals surface area contributed by atoms with Crippen molar-refractivity contribution in [1.29, 1.82) is 0 Å². The molecule has 0 fully saturated rings. The summed E-state index contributed by atoms with van der Waals surface area (Å²) in [7, 11) is 0. The Morgan fingerprint density at radius 1 is 1.11 bits per heavy atom. The first-order chi connectivity index (χ1) is 16.9. The Hall–Kier alpha value is -4.80. The van der Waals surface area contributed by atoms with Gasteiger partial charge in [0, 0.05) is 11.6 Å². The molecule has 10 nitrogen and oxygen atoms in total. The SMILES string of the molecule is CCOc1ccc(C(=O)Nc2cc(C)nn2-c2nc3c(cnn3-c3ccc(F)cc3)c(=O)[nH]2)cc1. The van der Waals surface area contributed by atoms with Gasteiger partial charge in [-0.1, -0.05) is 0 Å². The molecule has 35 heavy (non-hydrogen) atoms. The number of anilines is 1. The summed E-state index contributed by atoms with van der Waals surface area (Å²) < 4.78 is 21.6. The van der Waals surface area contributed by atoms with E-state index in [1.165, 1.54) is 39.8 Å². The largest absolute Gasteiger partial charge is 0.494 e. The Kier molecular flexibility index (Phi) is 5.57. The molecule has 1 amide bonds. The van der Waals surface area contributed by atoms with E-state index in [0.29, 0.717) is 35.1 Å². The van der Waals surface area contributed by atoms with Crippen molar-refractivity contribution < 1.29 is 13.9 Å². The van der Waals surface area contributed by atoms with Gasteiger partial charge in [0.1, 0.15) is 22.8 Å². The third-order valence-corrected chi connectivity index (χ3v) is 5.20. The molecule has 0 saturated carbocycles. The van der Waals surface area contributed by atoms with Crippen LogP contribution in [0.3, 0.4) is 0 Å². The van der Waals surface area contributed by atoms with Crippen LogP contribution >= 0.6 is 0 Å². The van der Waals surface area contributed by atoms with E-state index in [1.807, 2.05) is 6.92 Å². The fraction of sp³-hybridized carbons (Fsp3) is 0.125. The number of aryl methyl sites for hydroxylation is 1. The first kappa shape index (κ1) is 22.0. The number of H-pyrrole nitrogens is 1. The fourth-order valence-electron chi connectivity index (χ4n) is 3.59. The molecular formula is C24H20FN7O3. The predicted molar refractivity (Wildman–Crippen MR) is 127 cm³/mol. The van der Waals surface area contributed by atoms with Crippen LogP contribution in [-0.4, -0.2) is 42.0 Å². The molecule has 5 aromatic rings. The number of hydrogen-bond acceptors (Lipinski definition) is 6. The Morgan fingerprint density at radius 3 is 2.57 bits per heavy atom. The second kappa shape index (κ2) is 8.86. The van der Waals surface area contributed by atoms with Crippen molar-refractivity contribution in [2.75, 3.05) is 11.9 Å². The highest BCUT2D eigenvalue weighted by Gasteiger charge is 2.17. The maximum atomic E-state index is 13.4. The minimum absolute atomic E-state index is 0.0847. The highest BCUT2D eigenvalue weighted by Crippen LogP contribution is 2.19. The van der Waals surface area contributed by atoms with Crippen molar-refractivity contribution in [3.05, 3.63) is 88.2 Å². The molecule has 2 aromatic carbocycles. The van der Waals surface area contributed by atoms with Crippen molar-refractivity contribution in [3.63, 3.8) is 0 Å². The number of rotatable bonds is 6. The van der Waals surface area contributed by atoms with Crippen molar-refractivity contribution in [3.8, 4) is 17.4 Å². The number of aromatic nitrogens is 6. The lowest BCUT2D eigenvalue weighted by atomic mass is 10.2. The quantitative estimate of drug-likeness (QED) is 0.390. The van der Waals surface area contributed by atoms with Gasteiger partial charge in [-0.25, -0.2) is 9.07 Å². The zero-order valence-corrected chi connectivity index (χ0v) is 18.8. The van der Waals surface area contributed by atoms with E-state index in [9.17, 15) is 14.0 Å². The molecule has 0 atom stereocenters. The smallest absolute Gasteiger partial charge is 0.263 e. The first-order valence-corrected chi connectivity index (χ1v) is 10.8. The number of nitrogens with zero attached hydrogens (tertiary/aromatic N) is 5. The van der Waals surface area contributed by atoms with E-state index in [1.54, 1.807) is 37.3 Å². The van der Waals surface area contributed by atoms with Crippen molar-refractivity contribution in [2.45, 2.75) is 13.8 Å². The Balaban J connectivity index is 1.52. The predicted octanol–water partition coefficient (Wildman–Crippen LogP) is 3.39. The Bertz CT molecular complexity index is 1580. The maximum Gasteiger partial charge on any atom is 0.263 e. The van der Waals surface area contributed by atoms with Crippen LogP contribution < -0.4 is 15.6 Å². The molecule has 0 aliphatic heterocycles. The van der Waals surface area contributed by atoms with Gasteiger partial charge >= 0.3 is 0 Å². The second-order valence-corrected chi connectivity index (χ2v) is 7.65. The molecule has 0 bridgehead atoms. The second-order valence-electron chi connectivity index (χ2n) is 7.65. The summed E-state index contributed by atoms with van der Waals surface area (Å²) in [5.41, 5.74) is 1.38. The van der Waals surface area contributed by atoms with Crippen LogP contribution in [0.15, 0.2) is 65.6 Å². The van der Waals surface area contributed by atoms with Crippen LogP contribution in [0.5, 0.6) is 5.75 Å². The number of amides is 1. The first-order valence-electron chi connectivity index (χ1n) is 10.8. The lowest BCUT2D eigenvalue weighted by Gasteiger charge is -2.09. The molecule has 0 aliphatic carbocycles. The van der Waals surface area contributed by atoms with Crippen molar-refractivity contribution in [1.82, 2.24) is 29.5 Å². The van der Waals surface area contributed by atoms with Crippen LogP contribution in [0.1, 0.15) is 23.0 Å². The monoisotopic (exact) mass is 473 g/mol. The molecule has 0 aliphatic rings. The molecule has 0 unspecified atom stereocenters. The summed E-state index contributed by atoms with van der Waals surface area (Å²) >= 11 is 0. The van der Waals surface area contributed by atoms with E-state index in [4.69, 9.17) is 4.74 Å². The van der Waals surface area contributed by atoms with Gasteiger partial charge in [0.25, 0.3) is 11.5 Å². The van der Waals surface area contributed by atoms with E-state index in [0.717, 1.165) is 0 Å². The summed E-state index contributed by atoms with van der Waals surface area (Å²) in [5, 5.41) is 11.7. The minimum atomic E-state index is -0.435.